The van der Waals surface area contributed by atoms with Crippen molar-refractivity contribution in [3.63, 3.8) is 0 Å². The molecular weight excluding hydrogens is 118 g/mol. The molecule has 4 nitrogen and oxygen atoms in total. The van der Waals surface area contributed by atoms with E-state index in [1.807, 2.05) is 0 Å². The molecule has 5 heteroatoms. The average Bonchev–Trinajstić information content (AvgIpc) is 1.91. The van der Waals surface area contributed by atoms with Crippen molar-refractivity contribution < 1.29 is 14.6 Å². The van der Waals surface area contributed by atoms with Crippen LogP contribution in [0.5, 0.6) is 0 Å². The Hall–Kier alpha value is 0.190. The highest BCUT2D eigenvalue weighted by atomic mass is 32.2. The smallest absolute Gasteiger partial charge is 0.156 e. The van der Waals surface area contributed by atoms with Gasteiger partial charge in [-0.05, 0) is 0 Å². The lowest BCUT2D eigenvalue weighted by atomic mass is 10.9. The Morgan fingerprint density at radius 3 is 2.71 bits per heavy atom. The van der Waals surface area contributed by atoms with Crippen molar-refractivity contribution in [2.75, 3.05) is 12.4 Å². The lowest BCUT2D eigenvalue weighted by molar-refractivity contribution is -0.251. The van der Waals surface area contributed by atoms with E-state index < -0.39 is 11.4 Å². The Morgan fingerprint density at radius 1 is 1.86 bits per heavy atom. The van der Waals surface area contributed by atoms with Gasteiger partial charge in [0.05, 0.1) is 0 Å². The first-order chi connectivity index (χ1) is 3.30. The van der Waals surface area contributed by atoms with Crippen LogP contribution in [0, 0.1) is 0 Å². The van der Waals surface area contributed by atoms with Crippen molar-refractivity contribution in [3.05, 3.63) is 0 Å². The van der Waals surface area contributed by atoms with Crippen LogP contribution < -0.4 is 0 Å². The molecule has 1 atom stereocenters. The summed E-state index contributed by atoms with van der Waals surface area (Å²) < 4.78 is 10.6. The van der Waals surface area contributed by atoms with E-state index in [1.54, 1.807) is 0 Å². The molecule has 1 saturated heterocycles. The lowest BCUT2D eigenvalue weighted by Gasteiger charge is -2.02. The zero-order chi connectivity index (χ0) is 5.28. The third-order valence-corrected chi connectivity index (χ3v) is 1.60. The van der Waals surface area contributed by atoms with E-state index in [4.69, 9.17) is 5.21 Å². The van der Waals surface area contributed by atoms with Gasteiger partial charge in [0.2, 0.25) is 0 Å². The average molecular weight is 123 g/mol. The van der Waals surface area contributed by atoms with Crippen LogP contribution in [0.4, 0.5) is 0 Å². The molecule has 1 heterocycles. The fourth-order valence-electron chi connectivity index (χ4n) is 0.324. The SMILES string of the molecule is [O-][S@@+]1CCON1O. The summed E-state index contributed by atoms with van der Waals surface area (Å²) in [5.41, 5.74) is 0. The summed E-state index contributed by atoms with van der Waals surface area (Å²) in [6, 6.07) is 0. The van der Waals surface area contributed by atoms with E-state index in [0.29, 0.717) is 17.0 Å². The summed E-state index contributed by atoms with van der Waals surface area (Å²) in [6.07, 6.45) is 0. The van der Waals surface area contributed by atoms with Crippen LogP contribution >= 0.6 is 0 Å². The van der Waals surface area contributed by atoms with Crippen molar-refractivity contribution in [3.8, 4) is 0 Å². The molecule has 1 rings (SSSR count). The van der Waals surface area contributed by atoms with Crippen molar-refractivity contribution in [1.82, 2.24) is 4.63 Å². The Labute approximate surface area is 43.9 Å². The summed E-state index contributed by atoms with van der Waals surface area (Å²) in [5.74, 6) is 0.399. The van der Waals surface area contributed by atoms with Crippen LogP contribution in [0.25, 0.3) is 0 Å². The first-order valence-electron chi connectivity index (χ1n) is 1.81. The van der Waals surface area contributed by atoms with Gasteiger partial charge < -0.3 is 4.55 Å². The Bertz CT molecular complexity index is 62.0. The van der Waals surface area contributed by atoms with Crippen LogP contribution in [-0.2, 0) is 16.2 Å². The molecule has 0 aromatic carbocycles. The van der Waals surface area contributed by atoms with Gasteiger partial charge in [0.1, 0.15) is 22.6 Å². The van der Waals surface area contributed by atoms with Crippen molar-refractivity contribution in [1.29, 1.82) is 0 Å². The van der Waals surface area contributed by atoms with Gasteiger partial charge in [0.15, 0.2) is 5.75 Å². The zero-order valence-corrected chi connectivity index (χ0v) is 4.35. The van der Waals surface area contributed by atoms with Crippen LogP contribution in [-0.4, -0.2) is 26.8 Å². The minimum absolute atomic E-state index is 0.350. The first-order valence-corrected chi connectivity index (χ1v) is 3.08. The van der Waals surface area contributed by atoms with Crippen LogP contribution in [0.15, 0.2) is 0 Å². The molecule has 0 bridgehead atoms. The normalized spacial score (nSPS) is 34.3. The maximum Gasteiger partial charge on any atom is 0.156 e. The highest BCUT2D eigenvalue weighted by Crippen LogP contribution is 2.05. The molecule has 0 aromatic heterocycles. The van der Waals surface area contributed by atoms with Gasteiger partial charge in [0, 0.05) is 0 Å². The van der Waals surface area contributed by atoms with E-state index in [-0.39, 0.29) is 0 Å². The van der Waals surface area contributed by atoms with Gasteiger partial charge in [-0.15, -0.1) is 0 Å². The van der Waals surface area contributed by atoms with Gasteiger partial charge >= 0.3 is 0 Å². The molecule has 0 aromatic rings. The van der Waals surface area contributed by atoms with Crippen molar-refractivity contribution in [2.24, 2.45) is 0 Å². The second-order valence-electron chi connectivity index (χ2n) is 1.10. The number of hydrogen-bond donors (Lipinski definition) is 1. The summed E-state index contributed by atoms with van der Waals surface area (Å²) in [4.78, 5) is 4.35. The lowest BCUT2D eigenvalue weighted by Crippen LogP contribution is -2.19. The van der Waals surface area contributed by atoms with E-state index >= 15 is 0 Å². The molecule has 42 valence electrons. The highest BCUT2D eigenvalue weighted by Gasteiger charge is 2.25. The monoisotopic (exact) mass is 123 g/mol. The summed E-state index contributed by atoms with van der Waals surface area (Å²) in [7, 11) is 0. The molecule has 1 aliphatic rings. The third kappa shape index (κ3) is 1.05. The fourth-order valence-corrected chi connectivity index (χ4v) is 0.889. The van der Waals surface area contributed by atoms with Crippen molar-refractivity contribution >= 4 is 11.4 Å². The molecule has 0 spiro atoms. The molecule has 0 saturated carbocycles. The molecule has 0 unspecified atom stereocenters. The molecule has 0 radical (unpaired) electrons. The molecule has 0 aliphatic carbocycles. The molecule has 1 aliphatic heterocycles. The largest absolute Gasteiger partial charge is 0.594 e. The van der Waals surface area contributed by atoms with Crippen molar-refractivity contribution in [2.45, 2.75) is 0 Å². The highest BCUT2D eigenvalue weighted by molar-refractivity contribution is 7.88. The van der Waals surface area contributed by atoms with Gasteiger partial charge in [-0.1, -0.05) is 0 Å². The van der Waals surface area contributed by atoms with Gasteiger partial charge in [-0.2, -0.15) is 0 Å². The second kappa shape index (κ2) is 1.97. The van der Waals surface area contributed by atoms with Gasteiger partial charge in [-0.3, -0.25) is 0 Å². The predicted octanol–water partition coefficient (Wildman–Crippen LogP) is -0.713. The van der Waals surface area contributed by atoms with Crippen LogP contribution in [0.1, 0.15) is 0 Å². The third-order valence-electron chi connectivity index (χ3n) is 0.634. The van der Waals surface area contributed by atoms with E-state index in [0.717, 1.165) is 0 Å². The maximum absolute atomic E-state index is 10.2. The zero-order valence-electron chi connectivity index (χ0n) is 3.53. The first kappa shape index (κ1) is 5.33. The number of rotatable bonds is 0. The maximum atomic E-state index is 10.2. The standard InChI is InChI=1S/C2H5NO3S/c4-3-6-1-2-7(3)5/h4H,1-2H2/t7-/m0/s1. The minimum Gasteiger partial charge on any atom is -0.594 e. The predicted molar refractivity (Wildman–Crippen MR) is 22.6 cm³/mol. The summed E-state index contributed by atoms with van der Waals surface area (Å²) in [5, 5.41) is 8.31. The Kier molecular flexibility index (Phi) is 1.50. The fraction of sp³-hybridized carbons (Fsp3) is 1.00. The number of nitrogens with zero attached hydrogens (tertiary/aromatic N) is 1. The van der Waals surface area contributed by atoms with E-state index in [9.17, 15) is 4.55 Å². The summed E-state index contributed by atoms with van der Waals surface area (Å²) >= 11 is -1.30. The van der Waals surface area contributed by atoms with E-state index in [1.165, 1.54) is 0 Å². The minimum atomic E-state index is -1.30. The topological polar surface area (TPSA) is 55.8 Å². The second-order valence-corrected chi connectivity index (χ2v) is 2.46. The molecule has 0 amide bonds. The number of hydrogen-bond acceptors (Lipinski definition) is 4. The van der Waals surface area contributed by atoms with Gasteiger partial charge in [-0.25, -0.2) is 10.0 Å². The molecule has 7 heavy (non-hydrogen) atoms. The van der Waals surface area contributed by atoms with Gasteiger partial charge in [0.25, 0.3) is 0 Å². The molecule has 1 N–H and O–H groups in total. The summed E-state index contributed by atoms with van der Waals surface area (Å²) in [6.45, 7) is 0.350. The molecule has 1 fully saturated rings. The quantitative estimate of drug-likeness (QED) is 0.432. The van der Waals surface area contributed by atoms with E-state index in [2.05, 4.69) is 4.84 Å². The molecular formula is C2H5NO3S. The Balaban J connectivity index is 2.33. The van der Waals surface area contributed by atoms with Crippen LogP contribution in [0.3, 0.4) is 0 Å². The Morgan fingerprint density at radius 2 is 2.57 bits per heavy atom. The van der Waals surface area contributed by atoms with Crippen LogP contribution in [0.2, 0.25) is 0 Å².